The maximum Gasteiger partial charge on any atom is 0.275 e. The normalized spacial score (nSPS) is 20.2. The highest BCUT2D eigenvalue weighted by Crippen LogP contribution is 2.25. The van der Waals surface area contributed by atoms with E-state index in [0.29, 0.717) is 49.1 Å². The lowest BCUT2D eigenvalue weighted by Gasteiger charge is -2.35. The number of aryl methyl sites for hydroxylation is 1. The van der Waals surface area contributed by atoms with Gasteiger partial charge in [-0.2, -0.15) is 5.10 Å². The van der Waals surface area contributed by atoms with E-state index in [4.69, 9.17) is 0 Å². The summed E-state index contributed by atoms with van der Waals surface area (Å²) in [5.74, 6) is -0.388. The number of aromatic amines is 1. The third-order valence-corrected chi connectivity index (χ3v) is 7.30. The largest absolute Gasteiger partial charge is 0.396 e. The summed E-state index contributed by atoms with van der Waals surface area (Å²) in [6.07, 6.45) is 3.71. The van der Waals surface area contributed by atoms with Crippen LogP contribution >= 0.6 is 0 Å². The van der Waals surface area contributed by atoms with Crippen molar-refractivity contribution in [3.8, 4) is 0 Å². The highest BCUT2D eigenvalue weighted by Gasteiger charge is 2.30. The van der Waals surface area contributed by atoms with Crippen LogP contribution in [0.2, 0.25) is 0 Å². The van der Waals surface area contributed by atoms with Gasteiger partial charge in [-0.25, -0.2) is 4.52 Å². The minimum atomic E-state index is -0.707. The van der Waals surface area contributed by atoms with Crippen LogP contribution in [0.15, 0.2) is 35.5 Å². The molecular weight excluding hydrogens is 450 g/mol. The average molecular weight is 480 g/mol. The molecule has 0 aliphatic carbocycles. The van der Waals surface area contributed by atoms with E-state index >= 15 is 0 Å². The van der Waals surface area contributed by atoms with E-state index in [0.717, 1.165) is 16.7 Å². The number of aliphatic hydroxyl groups excluding tert-OH is 2. The third-order valence-electron chi connectivity index (χ3n) is 7.30. The molecule has 3 aromatic rings. The fraction of sp³-hybridized carbons (Fsp3) is 0.440. The molecule has 3 N–H and O–H groups in total. The Balaban J connectivity index is 1.30. The van der Waals surface area contributed by atoms with Gasteiger partial charge in [-0.05, 0) is 42.0 Å². The summed E-state index contributed by atoms with van der Waals surface area (Å²) in [7, 11) is 0. The van der Waals surface area contributed by atoms with Crippen LogP contribution in [0.3, 0.4) is 0 Å². The fourth-order valence-electron chi connectivity index (χ4n) is 5.15. The molecule has 2 aliphatic rings. The number of amides is 2. The SMILES string of the molecule is Cc1c(C(=O)N2CCc3ccc(CC(=O)N4CCC(CO)C(O)C4)cc3C2)cn2nc[nH]c(=O)c12. The number of aliphatic hydroxyl groups is 2. The number of carbonyl (C=O) groups is 2. The number of nitrogens with zero attached hydrogens (tertiary/aromatic N) is 4. The number of nitrogens with one attached hydrogen (secondary N) is 1. The highest BCUT2D eigenvalue weighted by atomic mass is 16.3. The highest BCUT2D eigenvalue weighted by molar-refractivity contribution is 5.97. The molecule has 2 aromatic heterocycles. The van der Waals surface area contributed by atoms with Crippen LogP contribution in [0.1, 0.15) is 39.0 Å². The van der Waals surface area contributed by atoms with Crippen molar-refractivity contribution in [2.45, 2.75) is 38.8 Å². The van der Waals surface area contributed by atoms with Crippen LogP contribution in [0.25, 0.3) is 5.52 Å². The van der Waals surface area contributed by atoms with E-state index in [1.807, 2.05) is 18.2 Å². The molecule has 1 saturated heterocycles. The first-order valence-corrected chi connectivity index (χ1v) is 11.9. The van der Waals surface area contributed by atoms with E-state index in [-0.39, 0.29) is 42.9 Å². The lowest BCUT2D eigenvalue weighted by Crippen LogP contribution is -2.48. The number of rotatable bonds is 4. The zero-order chi connectivity index (χ0) is 24.7. The van der Waals surface area contributed by atoms with Gasteiger partial charge in [-0.1, -0.05) is 18.2 Å². The van der Waals surface area contributed by atoms with Crippen molar-refractivity contribution in [2.75, 3.05) is 26.2 Å². The van der Waals surface area contributed by atoms with Crippen molar-refractivity contribution < 1.29 is 19.8 Å². The number of benzene rings is 1. The smallest absolute Gasteiger partial charge is 0.275 e. The first-order chi connectivity index (χ1) is 16.9. The van der Waals surface area contributed by atoms with Crippen molar-refractivity contribution in [3.63, 3.8) is 0 Å². The quantitative estimate of drug-likeness (QED) is 0.493. The Hall–Kier alpha value is -3.50. The lowest BCUT2D eigenvalue weighted by atomic mass is 9.93. The second kappa shape index (κ2) is 9.27. The number of fused-ring (bicyclic) bond motifs is 2. The van der Waals surface area contributed by atoms with Crippen LogP contribution in [-0.4, -0.2) is 78.8 Å². The summed E-state index contributed by atoms with van der Waals surface area (Å²) < 4.78 is 1.43. The predicted octanol–water partition coefficient (Wildman–Crippen LogP) is 0.274. The number of hydrogen-bond donors (Lipinski definition) is 3. The first kappa shape index (κ1) is 23.3. The molecule has 2 aliphatic heterocycles. The van der Waals surface area contributed by atoms with Gasteiger partial charge in [0.1, 0.15) is 11.8 Å². The van der Waals surface area contributed by atoms with Crippen LogP contribution in [0.4, 0.5) is 0 Å². The van der Waals surface area contributed by atoms with Gasteiger partial charge >= 0.3 is 0 Å². The molecule has 35 heavy (non-hydrogen) atoms. The van der Waals surface area contributed by atoms with E-state index in [2.05, 4.69) is 10.1 Å². The van der Waals surface area contributed by atoms with Gasteiger partial charge in [0, 0.05) is 44.9 Å². The maximum atomic E-state index is 13.3. The van der Waals surface area contributed by atoms with Crippen LogP contribution in [0.5, 0.6) is 0 Å². The fourth-order valence-corrected chi connectivity index (χ4v) is 5.15. The number of carbonyl (C=O) groups excluding carboxylic acids is 2. The molecule has 0 radical (unpaired) electrons. The maximum absolute atomic E-state index is 13.3. The molecule has 184 valence electrons. The Morgan fingerprint density at radius 1 is 1.20 bits per heavy atom. The van der Waals surface area contributed by atoms with Gasteiger partial charge in [0.2, 0.25) is 5.91 Å². The standard InChI is InChI=1S/C25H29N5O5/c1-15-20(11-30-23(15)24(34)26-14-27-30)25(35)29-7-4-17-3-2-16(8-19(17)10-29)9-22(33)28-6-5-18(13-31)21(32)12-28/h2-3,8,11,14,18,21,31-32H,4-7,9-10,12-13H2,1H3,(H,26,27,34). The Morgan fingerprint density at radius 3 is 2.77 bits per heavy atom. The molecule has 1 aromatic carbocycles. The zero-order valence-corrected chi connectivity index (χ0v) is 19.6. The van der Waals surface area contributed by atoms with E-state index in [1.54, 1.807) is 22.9 Å². The minimum Gasteiger partial charge on any atom is -0.396 e. The van der Waals surface area contributed by atoms with E-state index in [1.165, 1.54) is 10.8 Å². The van der Waals surface area contributed by atoms with Gasteiger partial charge in [-0.3, -0.25) is 14.4 Å². The Morgan fingerprint density at radius 2 is 2.03 bits per heavy atom. The van der Waals surface area contributed by atoms with Gasteiger partial charge in [0.05, 0.1) is 18.1 Å². The summed E-state index contributed by atoms with van der Waals surface area (Å²) >= 11 is 0. The van der Waals surface area contributed by atoms with Crippen molar-refractivity contribution >= 4 is 17.3 Å². The molecule has 0 saturated carbocycles. The number of hydrogen-bond acceptors (Lipinski definition) is 6. The molecule has 4 heterocycles. The molecule has 2 atom stereocenters. The van der Waals surface area contributed by atoms with E-state index < -0.39 is 6.10 Å². The predicted molar refractivity (Wildman–Crippen MR) is 127 cm³/mol. The summed E-state index contributed by atoms with van der Waals surface area (Å²) in [4.78, 5) is 44.3. The molecule has 10 heteroatoms. The number of aromatic nitrogens is 3. The van der Waals surface area contributed by atoms with Crippen molar-refractivity contribution in [1.82, 2.24) is 24.4 Å². The molecule has 1 fully saturated rings. The van der Waals surface area contributed by atoms with Crippen molar-refractivity contribution in [1.29, 1.82) is 0 Å². The second-order valence-corrected chi connectivity index (χ2v) is 9.47. The Bertz CT molecular complexity index is 1350. The average Bonchev–Trinajstić information content (AvgIpc) is 3.20. The Kier molecular flexibility index (Phi) is 6.16. The molecule has 10 nitrogen and oxygen atoms in total. The van der Waals surface area contributed by atoms with Crippen LogP contribution < -0.4 is 5.56 Å². The molecule has 0 bridgehead atoms. The molecule has 0 spiro atoms. The van der Waals surface area contributed by atoms with Crippen molar-refractivity contribution in [3.05, 3.63) is 68.9 Å². The summed E-state index contributed by atoms with van der Waals surface area (Å²) in [5.41, 5.74) is 4.15. The minimum absolute atomic E-state index is 0.0574. The summed E-state index contributed by atoms with van der Waals surface area (Å²) in [5, 5.41) is 23.6. The van der Waals surface area contributed by atoms with Crippen LogP contribution in [0, 0.1) is 12.8 Å². The third kappa shape index (κ3) is 4.35. The van der Waals surface area contributed by atoms with Crippen molar-refractivity contribution in [2.24, 2.45) is 5.92 Å². The van der Waals surface area contributed by atoms with Gasteiger partial charge < -0.3 is 25.0 Å². The van der Waals surface area contributed by atoms with Gasteiger partial charge in [-0.15, -0.1) is 0 Å². The first-order valence-electron chi connectivity index (χ1n) is 11.9. The monoisotopic (exact) mass is 479 g/mol. The molecule has 5 rings (SSSR count). The second-order valence-electron chi connectivity index (χ2n) is 9.47. The number of β-amino-alcohol motifs (C(OH)–C–C–N with tert-alkyl or cyclic N) is 1. The molecule has 2 unspecified atom stereocenters. The lowest BCUT2D eigenvalue weighted by molar-refractivity contribution is -0.135. The Labute approximate surface area is 201 Å². The molecule has 2 amide bonds. The van der Waals surface area contributed by atoms with Crippen LogP contribution in [-0.2, 0) is 24.2 Å². The van der Waals surface area contributed by atoms with Gasteiger partial charge in [0.15, 0.2) is 0 Å². The van der Waals surface area contributed by atoms with Gasteiger partial charge in [0.25, 0.3) is 11.5 Å². The number of likely N-dealkylation sites (tertiary alicyclic amines) is 1. The summed E-state index contributed by atoms with van der Waals surface area (Å²) in [6.45, 7) is 3.43. The molecular formula is C25H29N5O5. The number of H-pyrrole nitrogens is 1. The number of piperidine rings is 1. The van der Waals surface area contributed by atoms with E-state index in [9.17, 15) is 24.6 Å². The topological polar surface area (TPSA) is 131 Å². The zero-order valence-electron chi connectivity index (χ0n) is 19.6. The summed E-state index contributed by atoms with van der Waals surface area (Å²) in [6, 6.07) is 5.96.